The molecule has 2 unspecified atom stereocenters. The van der Waals surface area contributed by atoms with Crippen LogP contribution in [0.4, 0.5) is 5.69 Å². The van der Waals surface area contributed by atoms with Crippen molar-refractivity contribution < 1.29 is 5.11 Å². The average molecular weight is 269 g/mol. The lowest BCUT2D eigenvalue weighted by Gasteiger charge is -2.45. The van der Waals surface area contributed by atoms with Crippen LogP contribution in [0.2, 0.25) is 5.02 Å². The Bertz CT molecular complexity index is 399. The van der Waals surface area contributed by atoms with Crippen LogP contribution >= 0.6 is 11.6 Å². The minimum Gasteiger partial charge on any atom is -0.396 e. The molecule has 100 valence electrons. The van der Waals surface area contributed by atoms with Gasteiger partial charge in [0, 0.05) is 42.5 Å². The van der Waals surface area contributed by atoms with E-state index in [2.05, 4.69) is 29.8 Å². The number of aliphatic hydroxyl groups excluding tert-OH is 1. The summed E-state index contributed by atoms with van der Waals surface area (Å²) in [5, 5.41) is 9.98. The van der Waals surface area contributed by atoms with Crippen molar-refractivity contribution in [2.75, 3.05) is 31.6 Å². The molecule has 1 aromatic rings. The second-order valence-corrected chi connectivity index (χ2v) is 5.52. The first-order valence-electron chi connectivity index (χ1n) is 6.45. The Hall–Kier alpha value is -0.770. The van der Waals surface area contributed by atoms with E-state index in [1.165, 1.54) is 0 Å². The van der Waals surface area contributed by atoms with E-state index in [4.69, 9.17) is 11.6 Å². The van der Waals surface area contributed by atoms with Crippen LogP contribution in [-0.4, -0.2) is 48.8 Å². The summed E-state index contributed by atoms with van der Waals surface area (Å²) < 4.78 is 0. The van der Waals surface area contributed by atoms with Gasteiger partial charge in [-0.3, -0.25) is 4.90 Å². The summed E-state index contributed by atoms with van der Waals surface area (Å²) in [6, 6.07) is 8.84. The minimum absolute atomic E-state index is 0.226. The molecule has 0 radical (unpaired) electrons. The first kappa shape index (κ1) is 13.7. The fourth-order valence-electron chi connectivity index (χ4n) is 2.55. The number of hydrogen-bond acceptors (Lipinski definition) is 3. The molecule has 0 amide bonds. The van der Waals surface area contributed by atoms with Crippen molar-refractivity contribution in [3.8, 4) is 0 Å². The largest absolute Gasteiger partial charge is 0.396 e. The van der Waals surface area contributed by atoms with Crippen LogP contribution in [0, 0.1) is 0 Å². The fraction of sp³-hybridized carbons (Fsp3) is 0.571. The Morgan fingerprint density at radius 1 is 1.39 bits per heavy atom. The van der Waals surface area contributed by atoms with E-state index in [9.17, 15) is 5.11 Å². The lowest BCUT2D eigenvalue weighted by Crippen LogP contribution is -2.56. The molecule has 1 saturated heterocycles. The molecule has 1 aromatic carbocycles. The Balaban J connectivity index is 2.22. The molecule has 4 heteroatoms. The maximum absolute atomic E-state index is 9.22. The molecule has 3 nitrogen and oxygen atoms in total. The molecule has 1 aliphatic heterocycles. The molecule has 0 bridgehead atoms. The third-order valence-corrected chi connectivity index (χ3v) is 3.99. The Labute approximate surface area is 114 Å². The maximum atomic E-state index is 9.22. The van der Waals surface area contributed by atoms with Gasteiger partial charge in [0.05, 0.1) is 0 Å². The van der Waals surface area contributed by atoms with Gasteiger partial charge in [0.25, 0.3) is 0 Å². The average Bonchev–Trinajstić information content (AvgIpc) is 2.34. The Morgan fingerprint density at radius 2 is 2.17 bits per heavy atom. The number of halogens is 1. The smallest absolute Gasteiger partial charge is 0.0451 e. The highest BCUT2D eigenvalue weighted by atomic mass is 35.5. The first-order valence-corrected chi connectivity index (χ1v) is 6.83. The molecule has 0 spiro atoms. The van der Waals surface area contributed by atoms with E-state index < -0.39 is 0 Å². The van der Waals surface area contributed by atoms with Crippen molar-refractivity contribution in [2.45, 2.75) is 25.4 Å². The van der Waals surface area contributed by atoms with Crippen LogP contribution in [0.25, 0.3) is 0 Å². The van der Waals surface area contributed by atoms with Gasteiger partial charge in [-0.25, -0.2) is 0 Å². The van der Waals surface area contributed by atoms with Gasteiger partial charge in [0.2, 0.25) is 0 Å². The van der Waals surface area contributed by atoms with E-state index in [-0.39, 0.29) is 6.61 Å². The van der Waals surface area contributed by atoms with Gasteiger partial charge in [0.1, 0.15) is 0 Å². The summed E-state index contributed by atoms with van der Waals surface area (Å²) in [5.74, 6) is 0. The van der Waals surface area contributed by atoms with Gasteiger partial charge in [-0.05, 0) is 38.6 Å². The predicted molar refractivity (Wildman–Crippen MR) is 76.4 cm³/mol. The number of likely N-dealkylation sites (N-methyl/N-ethyl adjacent to an activating group) is 1. The van der Waals surface area contributed by atoms with Crippen LogP contribution in [0.3, 0.4) is 0 Å². The molecule has 2 rings (SSSR count). The summed E-state index contributed by atoms with van der Waals surface area (Å²) in [6.45, 7) is 4.41. The highest BCUT2D eigenvalue weighted by Crippen LogP contribution is 2.26. The Morgan fingerprint density at radius 3 is 2.83 bits per heavy atom. The zero-order valence-electron chi connectivity index (χ0n) is 11.0. The number of benzene rings is 1. The van der Waals surface area contributed by atoms with E-state index >= 15 is 0 Å². The summed E-state index contributed by atoms with van der Waals surface area (Å²) in [4.78, 5) is 4.72. The van der Waals surface area contributed by atoms with E-state index in [0.29, 0.717) is 12.1 Å². The third-order valence-electron chi connectivity index (χ3n) is 3.76. The second-order valence-electron chi connectivity index (χ2n) is 5.09. The summed E-state index contributed by atoms with van der Waals surface area (Å²) >= 11 is 6.07. The lowest BCUT2D eigenvalue weighted by atomic mass is 10.0. The molecule has 18 heavy (non-hydrogen) atoms. The molecule has 0 aliphatic carbocycles. The van der Waals surface area contributed by atoms with Gasteiger partial charge >= 0.3 is 0 Å². The minimum atomic E-state index is 0.226. The fourth-order valence-corrected chi connectivity index (χ4v) is 2.74. The van der Waals surface area contributed by atoms with Crippen LogP contribution in [-0.2, 0) is 0 Å². The highest BCUT2D eigenvalue weighted by molar-refractivity contribution is 6.30. The quantitative estimate of drug-likeness (QED) is 0.911. The van der Waals surface area contributed by atoms with Crippen LogP contribution in [0.1, 0.15) is 13.3 Å². The maximum Gasteiger partial charge on any atom is 0.0451 e. The summed E-state index contributed by atoms with van der Waals surface area (Å²) in [6.07, 6.45) is 0.795. The first-order chi connectivity index (χ1) is 8.61. The molecule has 0 aromatic heterocycles. The van der Waals surface area contributed by atoms with Gasteiger partial charge in [0.15, 0.2) is 0 Å². The van der Waals surface area contributed by atoms with Gasteiger partial charge in [-0.1, -0.05) is 17.7 Å². The predicted octanol–water partition coefficient (Wildman–Crippen LogP) is 2.23. The highest BCUT2D eigenvalue weighted by Gasteiger charge is 2.29. The number of nitrogens with zero attached hydrogens (tertiary/aromatic N) is 2. The SMILES string of the molecule is CC1CN(c2cccc(Cl)c2)C(CCO)CN1C. The molecule has 1 fully saturated rings. The molecule has 1 heterocycles. The van der Waals surface area contributed by atoms with Crippen LogP contribution < -0.4 is 4.90 Å². The van der Waals surface area contributed by atoms with Crippen molar-refractivity contribution in [3.63, 3.8) is 0 Å². The van der Waals surface area contributed by atoms with Crippen molar-refractivity contribution in [1.82, 2.24) is 4.90 Å². The topological polar surface area (TPSA) is 26.7 Å². The van der Waals surface area contributed by atoms with Crippen molar-refractivity contribution in [2.24, 2.45) is 0 Å². The Kier molecular flexibility index (Phi) is 4.49. The van der Waals surface area contributed by atoms with Gasteiger partial charge < -0.3 is 10.0 Å². The summed E-state index contributed by atoms with van der Waals surface area (Å²) in [5.41, 5.74) is 1.15. The number of anilines is 1. The number of piperazine rings is 1. The summed E-state index contributed by atoms with van der Waals surface area (Å²) in [7, 11) is 2.14. The van der Waals surface area contributed by atoms with Crippen molar-refractivity contribution in [1.29, 1.82) is 0 Å². The standard InChI is InChI=1S/C14H21ClN2O/c1-11-9-17(13-5-3-4-12(15)8-13)14(6-7-18)10-16(11)2/h3-5,8,11,14,18H,6-7,9-10H2,1-2H3. The zero-order chi connectivity index (χ0) is 13.1. The van der Waals surface area contributed by atoms with Crippen molar-refractivity contribution in [3.05, 3.63) is 29.3 Å². The monoisotopic (exact) mass is 268 g/mol. The normalized spacial score (nSPS) is 25.4. The lowest BCUT2D eigenvalue weighted by molar-refractivity contribution is 0.177. The second kappa shape index (κ2) is 5.91. The number of hydrogen-bond donors (Lipinski definition) is 1. The molecular weight excluding hydrogens is 248 g/mol. The van der Waals surface area contributed by atoms with Gasteiger partial charge in [-0.15, -0.1) is 0 Å². The molecule has 1 N–H and O–H groups in total. The van der Waals surface area contributed by atoms with E-state index in [0.717, 1.165) is 30.2 Å². The van der Waals surface area contributed by atoms with Crippen LogP contribution in [0.15, 0.2) is 24.3 Å². The van der Waals surface area contributed by atoms with Crippen LogP contribution in [0.5, 0.6) is 0 Å². The number of rotatable bonds is 3. The molecule has 1 aliphatic rings. The van der Waals surface area contributed by atoms with Gasteiger partial charge in [-0.2, -0.15) is 0 Å². The zero-order valence-corrected chi connectivity index (χ0v) is 11.8. The third kappa shape index (κ3) is 2.97. The van der Waals surface area contributed by atoms with E-state index in [1.54, 1.807) is 0 Å². The molecule has 0 saturated carbocycles. The number of aliphatic hydroxyl groups is 1. The van der Waals surface area contributed by atoms with Crippen molar-refractivity contribution >= 4 is 17.3 Å². The van der Waals surface area contributed by atoms with E-state index in [1.807, 2.05) is 18.2 Å². The molecular formula is C14H21ClN2O. The molecule has 2 atom stereocenters.